The van der Waals surface area contributed by atoms with Gasteiger partial charge in [-0.15, -0.1) is 0 Å². The molecule has 9 nitrogen and oxygen atoms in total. The summed E-state index contributed by atoms with van der Waals surface area (Å²) in [4.78, 5) is 37.8. The first-order chi connectivity index (χ1) is 50.6. The van der Waals surface area contributed by atoms with Gasteiger partial charge in [0, 0.05) is 12.8 Å². The van der Waals surface area contributed by atoms with Crippen molar-refractivity contribution in [2.75, 3.05) is 47.5 Å². The molecule has 0 aromatic carbocycles. The van der Waals surface area contributed by atoms with Crippen LogP contribution in [0.2, 0.25) is 0 Å². The van der Waals surface area contributed by atoms with Gasteiger partial charge in [0.15, 0.2) is 6.10 Å². The van der Waals surface area contributed by atoms with Crippen molar-refractivity contribution < 1.29 is 42.9 Å². The summed E-state index contributed by atoms with van der Waals surface area (Å²) in [7, 11) is 6.00. The number of hydrogen-bond acceptors (Lipinski definition) is 7. The van der Waals surface area contributed by atoms with Crippen molar-refractivity contribution in [3.8, 4) is 0 Å². The summed E-state index contributed by atoms with van der Waals surface area (Å²) in [6.45, 7) is 4.93. The van der Waals surface area contributed by atoms with E-state index in [4.69, 9.17) is 18.9 Å². The number of aliphatic carboxylic acids is 1. The molecule has 1 N–H and O–H groups in total. The Balaban J connectivity index is 3.91. The van der Waals surface area contributed by atoms with E-state index in [2.05, 4.69) is 86.8 Å². The van der Waals surface area contributed by atoms with Crippen molar-refractivity contribution in [1.82, 2.24) is 0 Å². The molecular formula is C94H174NO8+. The number of unbranched alkanes of at least 4 members (excludes halogenated alkanes) is 58. The highest BCUT2D eigenvalue weighted by Gasteiger charge is 2.25. The van der Waals surface area contributed by atoms with Crippen LogP contribution >= 0.6 is 0 Å². The molecule has 0 bridgehead atoms. The largest absolute Gasteiger partial charge is 0.477 e. The summed E-state index contributed by atoms with van der Waals surface area (Å²) in [5.74, 6) is -1.97. The molecule has 0 aromatic rings. The van der Waals surface area contributed by atoms with Gasteiger partial charge in [-0.25, -0.2) is 4.79 Å². The zero-order valence-electron chi connectivity index (χ0n) is 69.2. The molecule has 0 spiro atoms. The third-order valence-corrected chi connectivity index (χ3v) is 20.4. The highest BCUT2D eigenvalue weighted by Crippen LogP contribution is 2.20. The Hall–Kier alpha value is -3.27. The number of carbonyl (C=O) groups excluding carboxylic acids is 2. The molecule has 0 rings (SSSR count). The molecule has 0 amide bonds. The van der Waals surface area contributed by atoms with Crippen LogP contribution < -0.4 is 0 Å². The number of ether oxygens (including phenoxy) is 4. The van der Waals surface area contributed by atoms with Gasteiger partial charge >= 0.3 is 17.9 Å². The number of hydrogen-bond donors (Lipinski definition) is 1. The summed E-state index contributed by atoms with van der Waals surface area (Å²) in [5, 5.41) is 9.80. The average molecular weight is 1450 g/mol. The normalized spacial score (nSPS) is 12.9. The fourth-order valence-electron chi connectivity index (χ4n) is 13.6. The lowest BCUT2D eigenvalue weighted by Crippen LogP contribution is -2.40. The van der Waals surface area contributed by atoms with Crippen LogP contribution in [0.15, 0.2) is 72.9 Å². The summed E-state index contributed by atoms with van der Waals surface area (Å²) in [6, 6.07) is 0. The maximum Gasteiger partial charge on any atom is 0.361 e. The molecule has 0 fully saturated rings. The Bertz CT molecular complexity index is 1930. The number of allylic oxidation sites excluding steroid dienone is 12. The van der Waals surface area contributed by atoms with E-state index in [-0.39, 0.29) is 38.2 Å². The molecular weight excluding hydrogens is 1270 g/mol. The SMILES string of the molecule is CCCCCCC/C=C\C/C=C\C/C=C\CCCCCCCCCCCCCCCCCCCCCCCCCCC(=O)OCC(COC(OCC[N+](C)(C)C)C(=O)O)OC(=O)CCCCCCCCCCCCCCCCCCCCCCCCCC/C=C\C/C=C\C/C=C\CCCCCCC. The third-order valence-electron chi connectivity index (χ3n) is 20.4. The molecule has 9 heteroatoms. The molecule has 0 aromatic heterocycles. The minimum absolute atomic E-state index is 0.177. The number of likely N-dealkylation sites (N-methyl/N-ethyl adjacent to an activating group) is 1. The maximum absolute atomic E-state index is 13.0. The monoisotopic (exact) mass is 1450 g/mol. The van der Waals surface area contributed by atoms with Crippen LogP contribution in [0, 0.1) is 0 Å². The molecule has 0 saturated heterocycles. The van der Waals surface area contributed by atoms with E-state index in [1.807, 2.05) is 21.1 Å². The van der Waals surface area contributed by atoms with E-state index >= 15 is 0 Å². The van der Waals surface area contributed by atoms with Crippen LogP contribution in [0.4, 0.5) is 0 Å². The predicted molar refractivity (Wildman–Crippen MR) is 447 cm³/mol. The highest BCUT2D eigenvalue weighted by atomic mass is 16.7. The first-order valence-corrected chi connectivity index (χ1v) is 45.1. The second-order valence-corrected chi connectivity index (χ2v) is 31.9. The van der Waals surface area contributed by atoms with Crippen LogP contribution in [-0.2, 0) is 33.3 Å². The zero-order chi connectivity index (χ0) is 74.6. The molecule has 0 aliphatic heterocycles. The van der Waals surface area contributed by atoms with Crippen LogP contribution in [-0.4, -0.2) is 87.4 Å². The number of carbonyl (C=O) groups is 3. The number of quaternary nitrogens is 1. The molecule has 0 radical (unpaired) electrons. The van der Waals surface area contributed by atoms with Crippen LogP contribution in [0.3, 0.4) is 0 Å². The van der Waals surface area contributed by atoms with Crippen molar-refractivity contribution in [1.29, 1.82) is 0 Å². The molecule has 103 heavy (non-hydrogen) atoms. The number of rotatable bonds is 85. The predicted octanol–water partition coefficient (Wildman–Crippen LogP) is 29.5. The highest BCUT2D eigenvalue weighted by molar-refractivity contribution is 5.71. The molecule has 0 aliphatic carbocycles. The van der Waals surface area contributed by atoms with Gasteiger partial charge in [0.25, 0.3) is 6.29 Å². The van der Waals surface area contributed by atoms with E-state index in [1.165, 1.54) is 360 Å². The van der Waals surface area contributed by atoms with E-state index < -0.39 is 18.4 Å². The molecule has 0 aliphatic rings. The van der Waals surface area contributed by atoms with Gasteiger partial charge in [0.2, 0.25) is 0 Å². The fraction of sp³-hybridized carbons (Fsp3) is 0.840. The second kappa shape index (κ2) is 84.4. The number of carboxylic acid groups (broad SMARTS) is 1. The topological polar surface area (TPSA) is 108 Å². The lowest BCUT2D eigenvalue weighted by molar-refractivity contribution is -0.870. The van der Waals surface area contributed by atoms with Crippen molar-refractivity contribution in [3.63, 3.8) is 0 Å². The second-order valence-electron chi connectivity index (χ2n) is 31.9. The van der Waals surface area contributed by atoms with Crippen LogP contribution in [0.5, 0.6) is 0 Å². The Kier molecular flexibility index (Phi) is 81.7. The summed E-state index contributed by atoms with van der Waals surface area (Å²) >= 11 is 0. The molecule has 602 valence electrons. The smallest absolute Gasteiger partial charge is 0.361 e. The van der Waals surface area contributed by atoms with Gasteiger partial charge in [0.1, 0.15) is 13.2 Å². The van der Waals surface area contributed by atoms with E-state index in [1.54, 1.807) is 0 Å². The van der Waals surface area contributed by atoms with E-state index in [0.717, 1.165) is 64.2 Å². The maximum atomic E-state index is 13.0. The van der Waals surface area contributed by atoms with Crippen molar-refractivity contribution in [2.24, 2.45) is 0 Å². The first kappa shape index (κ1) is 99.7. The summed E-state index contributed by atoms with van der Waals surface area (Å²) in [5.41, 5.74) is 0. The lowest BCUT2D eigenvalue weighted by Gasteiger charge is -2.25. The zero-order valence-corrected chi connectivity index (χ0v) is 69.2. The number of nitrogens with zero attached hydrogens (tertiary/aromatic N) is 1. The van der Waals surface area contributed by atoms with Gasteiger partial charge in [-0.05, 0) is 89.9 Å². The Morgan fingerprint density at radius 1 is 0.291 bits per heavy atom. The summed E-state index contributed by atoms with van der Waals surface area (Å²) in [6.07, 6.45) is 112. The quantitative estimate of drug-likeness (QED) is 0.0211. The summed E-state index contributed by atoms with van der Waals surface area (Å²) < 4.78 is 23.1. The van der Waals surface area contributed by atoms with Crippen molar-refractivity contribution in [2.45, 2.75) is 463 Å². The first-order valence-electron chi connectivity index (χ1n) is 45.1. The lowest BCUT2D eigenvalue weighted by atomic mass is 10.0. The van der Waals surface area contributed by atoms with E-state index in [0.29, 0.717) is 17.4 Å². The van der Waals surface area contributed by atoms with E-state index in [9.17, 15) is 19.5 Å². The van der Waals surface area contributed by atoms with Crippen LogP contribution in [0.25, 0.3) is 0 Å². The Morgan fingerprint density at radius 3 is 0.777 bits per heavy atom. The molecule has 2 unspecified atom stereocenters. The third kappa shape index (κ3) is 85.9. The van der Waals surface area contributed by atoms with Gasteiger partial charge in [-0.1, -0.05) is 421 Å². The molecule has 2 atom stereocenters. The Morgan fingerprint density at radius 2 is 0.524 bits per heavy atom. The minimum atomic E-state index is -1.51. The van der Waals surface area contributed by atoms with Crippen LogP contribution in [0.1, 0.15) is 450 Å². The average Bonchev–Trinajstić information content (AvgIpc) is 1.06. The van der Waals surface area contributed by atoms with Gasteiger partial charge in [-0.2, -0.15) is 0 Å². The van der Waals surface area contributed by atoms with Gasteiger partial charge in [0.05, 0.1) is 34.4 Å². The molecule has 0 saturated carbocycles. The standard InChI is InChI=1S/C94H173NO8/c1-6-8-10-12-14-16-18-20-22-24-26-28-30-32-34-36-38-40-42-44-46-48-50-52-54-56-58-60-62-64-66-68-70-72-74-76-78-80-82-84-91(96)101-88-90(89-102-94(93(98)99)100-87-86-95(3,4)5)103-92(97)85-83-81-79-77-75-73-71-69-67-65-63-61-59-57-55-53-51-49-47-45-43-41-39-37-35-33-31-29-27-25-23-21-19-17-15-13-11-9-7-2/h18-21,24-27,30-33,90,94H,6-17,22-23,28-29,34-89H2,1-5H3/p+1/b20-18-,21-19-,26-24-,27-25-,32-30-,33-31-. The number of esters is 2. The van der Waals surface area contributed by atoms with Crippen molar-refractivity contribution in [3.05, 3.63) is 72.9 Å². The van der Waals surface area contributed by atoms with Crippen molar-refractivity contribution >= 4 is 17.9 Å². The fourth-order valence-corrected chi connectivity index (χ4v) is 13.6. The Labute approximate surface area is 640 Å². The number of carboxylic acids is 1. The van der Waals surface area contributed by atoms with Gasteiger partial charge < -0.3 is 28.5 Å². The minimum Gasteiger partial charge on any atom is -0.477 e. The molecule has 0 heterocycles. The van der Waals surface area contributed by atoms with Gasteiger partial charge in [-0.3, -0.25) is 9.59 Å².